The smallest absolute Gasteiger partial charge is 0.343 e. The Bertz CT molecular complexity index is 1550. The molecule has 9 nitrogen and oxygen atoms in total. The molecule has 0 spiro atoms. The summed E-state index contributed by atoms with van der Waals surface area (Å²) in [5.74, 6) is -0.436. The second-order valence-electron chi connectivity index (χ2n) is 8.24. The number of carbonyl (C=O) groups is 2. The number of amidine groups is 1. The number of rotatable bonds is 8. The summed E-state index contributed by atoms with van der Waals surface area (Å²) in [4.78, 5) is 25.9. The standard InChI is InChI=1S/C28H22N2O4.CH4O3S/c29-27(30)22-13-16-25(24(17-22)26(31)20-9-5-2-6-10-20)34-28(32)21-11-14-23(15-12-21)33-18-19-7-3-1-4-8-19;1-5(2,3)4/h1-17H,18H2,(H3,29,30);1H3,(H,2,3,4). The Labute approximate surface area is 226 Å². The van der Waals surface area contributed by atoms with Gasteiger partial charge in [-0.25, -0.2) is 4.79 Å². The molecule has 10 heteroatoms. The van der Waals surface area contributed by atoms with Gasteiger partial charge < -0.3 is 15.2 Å². The number of nitrogens with one attached hydrogen (secondary N) is 1. The maximum absolute atomic E-state index is 13.1. The SMILES string of the molecule is CS(=O)(=O)O.N=C(N)c1ccc(OC(=O)c2ccc(OCc3ccccc3)cc2)c(C(=O)c2ccccc2)c1. The van der Waals surface area contributed by atoms with E-state index in [0.29, 0.717) is 35.3 Å². The molecule has 200 valence electrons. The van der Waals surface area contributed by atoms with Crippen LogP contribution in [0.3, 0.4) is 0 Å². The summed E-state index contributed by atoms with van der Waals surface area (Å²) in [5, 5.41) is 7.68. The van der Waals surface area contributed by atoms with E-state index in [1.807, 2.05) is 30.3 Å². The van der Waals surface area contributed by atoms with Crippen molar-refractivity contribution in [3.63, 3.8) is 0 Å². The highest BCUT2D eigenvalue weighted by Gasteiger charge is 2.19. The quantitative estimate of drug-likeness (QED) is 0.0728. The topological polar surface area (TPSA) is 157 Å². The molecule has 39 heavy (non-hydrogen) atoms. The Hall–Kier alpha value is -4.80. The highest BCUT2D eigenvalue weighted by molar-refractivity contribution is 7.85. The van der Waals surface area contributed by atoms with E-state index in [1.54, 1.807) is 54.6 Å². The molecule has 0 aliphatic carbocycles. The molecule has 4 aromatic carbocycles. The number of hydrogen-bond acceptors (Lipinski definition) is 7. The second-order valence-corrected chi connectivity index (χ2v) is 9.71. The van der Waals surface area contributed by atoms with Crippen molar-refractivity contribution in [3.05, 3.63) is 131 Å². The minimum absolute atomic E-state index is 0.0910. The molecule has 0 aliphatic heterocycles. The van der Waals surface area contributed by atoms with E-state index >= 15 is 0 Å². The first-order chi connectivity index (χ1) is 18.5. The van der Waals surface area contributed by atoms with Crippen LogP contribution < -0.4 is 15.2 Å². The Morgan fingerprint density at radius 1 is 0.821 bits per heavy atom. The van der Waals surface area contributed by atoms with E-state index in [1.165, 1.54) is 18.2 Å². The molecule has 0 saturated heterocycles. The maximum atomic E-state index is 13.1. The van der Waals surface area contributed by atoms with Crippen LogP contribution in [0.2, 0.25) is 0 Å². The Balaban J connectivity index is 0.000000771. The summed E-state index contributed by atoms with van der Waals surface area (Å²) in [5.41, 5.74) is 7.88. The lowest BCUT2D eigenvalue weighted by molar-refractivity contribution is 0.0733. The fraction of sp³-hybridized carbons (Fsp3) is 0.0690. The number of ketones is 1. The lowest BCUT2D eigenvalue weighted by Crippen LogP contribution is -2.15. The highest BCUT2D eigenvalue weighted by Crippen LogP contribution is 2.25. The predicted octanol–water partition coefficient (Wildman–Crippen LogP) is 4.50. The summed E-state index contributed by atoms with van der Waals surface area (Å²) in [6.45, 7) is 0.415. The zero-order chi connectivity index (χ0) is 28.4. The van der Waals surface area contributed by atoms with Crippen molar-refractivity contribution in [1.82, 2.24) is 0 Å². The number of nitrogens with two attached hydrogens (primary N) is 1. The van der Waals surface area contributed by atoms with Gasteiger partial charge in [0.1, 0.15) is 23.9 Å². The summed E-state index contributed by atoms with van der Waals surface area (Å²) in [6.07, 6.45) is 0.715. The molecule has 4 rings (SSSR count). The molecule has 0 radical (unpaired) electrons. The minimum atomic E-state index is -3.67. The molecule has 4 aromatic rings. The number of hydrogen-bond donors (Lipinski definition) is 3. The van der Waals surface area contributed by atoms with E-state index in [9.17, 15) is 18.0 Å². The second kappa shape index (κ2) is 13.1. The molecule has 0 saturated carbocycles. The monoisotopic (exact) mass is 546 g/mol. The number of carbonyl (C=O) groups excluding carboxylic acids is 2. The molecule has 0 amide bonds. The Morgan fingerprint density at radius 2 is 1.36 bits per heavy atom. The first kappa shape index (κ1) is 28.8. The zero-order valence-corrected chi connectivity index (χ0v) is 21.7. The summed E-state index contributed by atoms with van der Waals surface area (Å²) >= 11 is 0. The third-order valence-corrected chi connectivity index (χ3v) is 5.11. The van der Waals surface area contributed by atoms with Gasteiger partial charge in [0.15, 0.2) is 5.78 Å². The fourth-order valence-electron chi connectivity index (χ4n) is 3.30. The third kappa shape index (κ3) is 9.22. The van der Waals surface area contributed by atoms with E-state index in [-0.39, 0.29) is 22.9 Å². The number of benzene rings is 4. The van der Waals surface area contributed by atoms with Crippen LogP contribution in [0.4, 0.5) is 0 Å². The van der Waals surface area contributed by atoms with Crippen molar-refractivity contribution in [2.24, 2.45) is 5.73 Å². The van der Waals surface area contributed by atoms with Gasteiger partial charge in [-0.3, -0.25) is 14.8 Å². The van der Waals surface area contributed by atoms with Crippen LogP contribution in [-0.4, -0.2) is 36.8 Å². The molecule has 0 heterocycles. The summed E-state index contributed by atoms with van der Waals surface area (Å²) < 4.78 is 37.2. The molecular weight excluding hydrogens is 520 g/mol. The van der Waals surface area contributed by atoms with Crippen LogP contribution in [0.25, 0.3) is 0 Å². The minimum Gasteiger partial charge on any atom is -0.489 e. The normalized spacial score (nSPS) is 10.5. The van der Waals surface area contributed by atoms with Gasteiger partial charge in [-0.05, 0) is 48.0 Å². The fourth-order valence-corrected chi connectivity index (χ4v) is 3.30. The van der Waals surface area contributed by atoms with Crippen molar-refractivity contribution in [3.8, 4) is 11.5 Å². The number of nitrogen functional groups attached to an aromatic ring is 1. The van der Waals surface area contributed by atoms with E-state index in [2.05, 4.69) is 0 Å². The average molecular weight is 547 g/mol. The number of ether oxygens (including phenoxy) is 2. The third-order valence-electron chi connectivity index (χ3n) is 5.11. The van der Waals surface area contributed by atoms with Gasteiger partial charge in [0.05, 0.1) is 17.4 Å². The predicted molar refractivity (Wildman–Crippen MR) is 147 cm³/mol. The van der Waals surface area contributed by atoms with E-state index < -0.39 is 16.1 Å². The van der Waals surface area contributed by atoms with Gasteiger partial charge in [0.2, 0.25) is 0 Å². The molecule has 0 bridgehead atoms. The first-order valence-corrected chi connectivity index (χ1v) is 13.4. The van der Waals surface area contributed by atoms with Gasteiger partial charge >= 0.3 is 5.97 Å². The van der Waals surface area contributed by atoms with Gasteiger partial charge in [-0.15, -0.1) is 0 Å². The van der Waals surface area contributed by atoms with Crippen molar-refractivity contribution in [2.75, 3.05) is 6.26 Å². The molecule has 0 fully saturated rings. The van der Waals surface area contributed by atoms with Crippen molar-refractivity contribution in [1.29, 1.82) is 5.41 Å². The highest BCUT2D eigenvalue weighted by atomic mass is 32.2. The van der Waals surface area contributed by atoms with Crippen molar-refractivity contribution >= 4 is 27.7 Å². The lowest BCUT2D eigenvalue weighted by atomic mass is 10.00. The molecule has 0 unspecified atom stereocenters. The Morgan fingerprint density at radius 3 is 1.92 bits per heavy atom. The van der Waals surface area contributed by atoms with Gasteiger partial charge in [0, 0.05) is 11.1 Å². The summed E-state index contributed by atoms with van der Waals surface area (Å²) in [6, 6.07) is 29.4. The van der Waals surface area contributed by atoms with E-state index in [4.69, 9.17) is 25.2 Å². The molecular formula is C29H26N2O7S. The van der Waals surface area contributed by atoms with Gasteiger partial charge in [-0.2, -0.15) is 8.42 Å². The Kier molecular flexibility index (Phi) is 9.69. The average Bonchev–Trinajstić information content (AvgIpc) is 2.92. The maximum Gasteiger partial charge on any atom is 0.343 e. The summed E-state index contributed by atoms with van der Waals surface area (Å²) in [7, 11) is -3.67. The zero-order valence-electron chi connectivity index (χ0n) is 20.9. The molecule has 0 aliphatic rings. The number of esters is 1. The largest absolute Gasteiger partial charge is 0.489 e. The molecule has 0 aromatic heterocycles. The molecule has 0 atom stereocenters. The van der Waals surface area contributed by atoms with Crippen LogP contribution in [0.5, 0.6) is 11.5 Å². The molecule has 4 N–H and O–H groups in total. The van der Waals surface area contributed by atoms with Crippen LogP contribution in [0.1, 0.15) is 37.4 Å². The first-order valence-electron chi connectivity index (χ1n) is 11.5. The van der Waals surface area contributed by atoms with Gasteiger partial charge in [0.25, 0.3) is 10.1 Å². The van der Waals surface area contributed by atoms with Crippen LogP contribution in [0, 0.1) is 5.41 Å². The van der Waals surface area contributed by atoms with Crippen LogP contribution >= 0.6 is 0 Å². The van der Waals surface area contributed by atoms with Crippen molar-refractivity contribution < 1.29 is 32.0 Å². The van der Waals surface area contributed by atoms with Crippen molar-refractivity contribution in [2.45, 2.75) is 6.61 Å². The van der Waals surface area contributed by atoms with Gasteiger partial charge in [-0.1, -0.05) is 60.7 Å². The van der Waals surface area contributed by atoms with E-state index in [0.717, 1.165) is 5.56 Å². The van der Waals surface area contributed by atoms with Crippen LogP contribution in [-0.2, 0) is 16.7 Å². The van der Waals surface area contributed by atoms with Crippen LogP contribution in [0.15, 0.2) is 103 Å². The lowest BCUT2D eigenvalue weighted by Gasteiger charge is -2.12.